The third-order valence-electron chi connectivity index (χ3n) is 4.55. The first kappa shape index (κ1) is 16.9. The number of aromatic nitrogens is 3. The Labute approximate surface area is 142 Å². The van der Waals surface area contributed by atoms with Crippen LogP contribution in [0.2, 0.25) is 0 Å². The van der Waals surface area contributed by atoms with Crippen LogP contribution in [0.25, 0.3) is 11.0 Å². The molecule has 3 rings (SSSR count). The number of piperidine rings is 1. The van der Waals surface area contributed by atoms with Gasteiger partial charge in [0.05, 0.1) is 23.6 Å². The summed E-state index contributed by atoms with van der Waals surface area (Å²) >= 11 is 0. The number of aryl methyl sites for hydroxylation is 1. The van der Waals surface area contributed by atoms with Gasteiger partial charge in [0.2, 0.25) is 0 Å². The topological polar surface area (TPSA) is 60.2 Å². The molecule has 1 saturated heterocycles. The quantitative estimate of drug-likeness (QED) is 0.865. The summed E-state index contributed by atoms with van der Waals surface area (Å²) in [7, 11) is 0. The molecule has 0 aliphatic carbocycles. The van der Waals surface area contributed by atoms with Crippen LogP contribution in [0.4, 0.5) is 0 Å². The molecule has 1 aliphatic heterocycles. The van der Waals surface area contributed by atoms with Crippen molar-refractivity contribution in [1.82, 2.24) is 19.7 Å². The highest BCUT2D eigenvalue weighted by atomic mass is 16.5. The first-order valence-electron chi connectivity index (χ1n) is 8.77. The first-order valence-corrected chi connectivity index (χ1v) is 8.77. The van der Waals surface area contributed by atoms with Crippen molar-refractivity contribution in [2.45, 2.75) is 52.7 Å². The molecule has 2 aromatic rings. The highest BCUT2D eigenvalue weighted by Gasteiger charge is 2.26. The summed E-state index contributed by atoms with van der Waals surface area (Å²) in [6, 6.07) is 2.17. The molecule has 0 N–H and O–H groups in total. The van der Waals surface area contributed by atoms with Crippen molar-refractivity contribution < 1.29 is 9.53 Å². The van der Waals surface area contributed by atoms with Crippen molar-refractivity contribution >= 4 is 16.9 Å². The van der Waals surface area contributed by atoms with Gasteiger partial charge in [0.1, 0.15) is 0 Å². The van der Waals surface area contributed by atoms with Crippen LogP contribution in [0.1, 0.15) is 55.7 Å². The monoisotopic (exact) mass is 330 g/mol. The summed E-state index contributed by atoms with van der Waals surface area (Å²) in [6.07, 6.45) is 3.94. The van der Waals surface area contributed by atoms with Crippen LogP contribution >= 0.6 is 0 Å². The number of carbonyl (C=O) groups is 1. The second-order valence-electron chi connectivity index (χ2n) is 6.69. The van der Waals surface area contributed by atoms with E-state index in [1.165, 1.54) is 0 Å². The molecule has 24 heavy (non-hydrogen) atoms. The average molecular weight is 330 g/mol. The van der Waals surface area contributed by atoms with Crippen molar-refractivity contribution in [3.05, 3.63) is 23.5 Å². The maximum Gasteiger partial charge on any atom is 0.255 e. The van der Waals surface area contributed by atoms with Gasteiger partial charge >= 0.3 is 0 Å². The normalized spacial score (nSPS) is 18.5. The third kappa shape index (κ3) is 3.15. The number of hydrogen-bond acceptors (Lipinski definition) is 4. The Morgan fingerprint density at radius 1 is 1.46 bits per heavy atom. The molecule has 0 bridgehead atoms. The number of amides is 1. The average Bonchev–Trinajstić information content (AvgIpc) is 2.97. The first-order chi connectivity index (χ1) is 11.5. The van der Waals surface area contributed by atoms with Gasteiger partial charge in [-0.25, -0.2) is 9.67 Å². The van der Waals surface area contributed by atoms with E-state index in [1.807, 2.05) is 29.5 Å². The second-order valence-corrected chi connectivity index (χ2v) is 6.69. The molecule has 0 spiro atoms. The van der Waals surface area contributed by atoms with Gasteiger partial charge in [0.15, 0.2) is 5.65 Å². The highest BCUT2D eigenvalue weighted by Crippen LogP contribution is 2.22. The molecule has 3 heterocycles. The van der Waals surface area contributed by atoms with Crippen LogP contribution in [0.15, 0.2) is 12.3 Å². The maximum absolute atomic E-state index is 13.0. The Morgan fingerprint density at radius 2 is 2.25 bits per heavy atom. The molecule has 0 radical (unpaired) electrons. The molecular formula is C18H26N4O2. The van der Waals surface area contributed by atoms with E-state index in [-0.39, 0.29) is 18.1 Å². The van der Waals surface area contributed by atoms with Crippen molar-refractivity contribution in [1.29, 1.82) is 0 Å². The molecule has 6 heteroatoms. The lowest BCUT2D eigenvalue weighted by atomic mass is 10.1. The van der Waals surface area contributed by atoms with Gasteiger partial charge in [-0.05, 0) is 46.6 Å². The second kappa shape index (κ2) is 6.89. The van der Waals surface area contributed by atoms with Crippen LogP contribution in [-0.2, 0) is 4.74 Å². The van der Waals surface area contributed by atoms with E-state index in [4.69, 9.17) is 4.74 Å². The van der Waals surface area contributed by atoms with Crippen LogP contribution in [0.3, 0.4) is 0 Å². The molecule has 130 valence electrons. The Bertz CT molecular complexity index is 736. The van der Waals surface area contributed by atoms with Gasteiger partial charge in [0.25, 0.3) is 5.91 Å². The molecule has 1 unspecified atom stereocenters. The van der Waals surface area contributed by atoms with Crippen LogP contribution in [-0.4, -0.2) is 51.4 Å². The largest absolute Gasteiger partial charge is 0.377 e. The van der Waals surface area contributed by atoms with Crippen LogP contribution in [0.5, 0.6) is 0 Å². The molecule has 1 atom stereocenters. The molecule has 2 aromatic heterocycles. The SMILES string of the molecule is CCOC1CCCN(C(=O)c2cc3cnn(C(C)C)c3nc2C)C1. The zero-order chi connectivity index (χ0) is 17.3. The molecule has 0 aromatic carbocycles. The highest BCUT2D eigenvalue weighted by molar-refractivity contribution is 5.98. The number of ether oxygens (including phenoxy) is 1. The zero-order valence-electron chi connectivity index (χ0n) is 15.0. The third-order valence-corrected chi connectivity index (χ3v) is 4.55. The van der Waals surface area contributed by atoms with Crippen molar-refractivity contribution in [2.24, 2.45) is 0 Å². The summed E-state index contributed by atoms with van der Waals surface area (Å²) in [5.41, 5.74) is 2.27. The smallest absolute Gasteiger partial charge is 0.255 e. The van der Waals surface area contributed by atoms with Crippen molar-refractivity contribution in [3.8, 4) is 0 Å². The molecule has 6 nitrogen and oxygen atoms in total. The lowest BCUT2D eigenvalue weighted by Crippen LogP contribution is -2.43. The predicted octanol–water partition coefficient (Wildman–Crippen LogP) is 2.96. The van der Waals surface area contributed by atoms with Gasteiger partial charge in [-0.1, -0.05) is 0 Å². The number of carbonyl (C=O) groups excluding carboxylic acids is 1. The van der Waals surface area contributed by atoms with E-state index in [1.54, 1.807) is 6.20 Å². The van der Waals surface area contributed by atoms with Gasteiger partial charge in [-0.3, -0.25) is 4.79 Å². The minimum absolute atomic E-state index is 0.0450. The number of hydrogen-bond donors (Lipinski definition) is 0. The summed E-state index contributed by atoms with van der Waals surface area (Å²) < 4.78 is 7.60. The predicted molar refractivity (Wildman–Crippen MR) is 93.2 cm³/mol. The standard InChI is InChI=1S/C18H26N4O2/c1-5-24-15-7-6-8-21(11-15)18(23)16-9-14-10-19-22(12(2)3)17(14)20-13(16)4/h9-10,12,15H,5-8,11H2,1-4H3. The summed E-state index contributed by atoms with van der Waals surface area (Å²) in [4.78, 5) is 19.5. The number of nitrogens with zero attached hydrogens (tertiary/aromatic N) is 4. The molecule has 1 aliphatic rings. The Balaban J connectivity index is 1.88. The molecular weight excluding hydrogens is 304 g/mol. The fourth-order valence-corrected chi connectivity index (χ4v) is 3.32. The minimum Gasteiger partial charge on any atom is -0.377 e. The lowest BCUT2D eigenvalue weighted by Gasteiger charge is -2.32. The van der Waals surface area contributed by atoms with Crippen molar-refractivity contribution in [3.63, 3.8) is 0 Å². The number of likely N-dealkylation sites (tertiary alicyclic amines) is 1. The Hall–Kier alpha value is -1.95. The Kier molecular flexibility index (Phi) is 4.85. The lowest BCUT2D eigenvalue weighted by molar-refractivity contribution is 0.00720. The minimum atomic E-state index is 0.0450. The van der Waals surface area contributed by atoms with Gasteiger partial charge in [-0.2, -0.15) is 5.10 Å². The summed E-state index contributed by atoms with van der Waals surface area (Å²) in [6.45, 7) is 10.2. The van der Waals surface area contributed by atoms with Crippen LogP contribution < -0.4 is 0 Å². The Morgan fingerprint density at radius 3 is 2.96 bits per heavy atom. The van der Waals surface area contributed by atoms with Crippen molar-refractivity contribution in [2.75, 3.05) is 19.7 Å². The molecule has 1 fully saturated rings. The van der Waals surface area contributed by atoms with E-state index in [9.17, 15) is 4.79 Å². The summed E-state index contributed by atoms with van der Waals surface area (Å²) in [5.74, 6) is 0.0450. The zero-order valence-corrected chi connectivity index (χ0v) is 15.0. The fourth-order valence-electron chi connectivity index (χ4n) is 3.32. The van der Waals surface area contributed by atoms with E-state index < -0.39 is 0 Å². The molecule has 1 amide bonds. The van der Waals surface area contributed by atoms with E-state index in [0.29, 0.717) is 18.7 Å². The summed E-state index contributed by atoms with van der Waals surface area (Å²) in [5, 5.41) is 5.31. The fraction of sp³-hybridized carbons (Fsp3) is 0.611. The van der Waals surface area contributed by atoms with Crippen LogP contribution in [0, 0.1) is 6.92 Å². The van der Waals surface area contributed by atoms with E-state index >= 15 is 0 Å². The number of fused-ring (bicyclic) bond motifs is 1. The van der Waals surface area contributed by atoms with Gasteiger partial charge < -0.3 is 9.64 Å². The number of pyridine rings is 1. The van der Waals surface area contributed by atoms with Gasteiger partial charge in [0, 0.05) is 31.1 Å². The van der Waals surface area contributed by atoms with E-state index in [0.717, 1.165) is 36.1 Å². The van der Waals surface area contributed by atoms with Gasteiger partial charge in [-0.15, -0.1) is 0 Å². The molecule has 0 saturated carbocycles. The maximum atomic E-state index is 13.0. The van der Waals surface area contributed by atoms with E-state index in [2.05, 4.69) is 23.9 Å². The number of rotatable bonds is 4.